The van der Waals surface area contributed by atoms with E-state index in [1.165, 1.54) is 17.7 Å². The highest BCUT2D eigenvalue weighted by molar-refractivity contribution is 6.02. The molecule has 0 spiro atoms. The highest BCUT2D eigenvalue weighted by atomic mass is 16.3. The molecular formula is C17H18N2O2. The number of carbonyl (C=O) groups excluding carboxylic acids is 1. The minimum atomic E-state index is -0.298. The van der Waals surface area contributed by atoms with Gasteiger partial charge in [-0.1, -0.05) is 36.8 Å². The van der Waals surface area contributed by atoms with Gasteiger partial charge in [0.15, 0.2) is 0 Å². The molecule has 0 bridgehead atoms. The zero-order chi connectivity index (χ0) is 15.2. The molecule has 0 aliphatic rings. The monoisotopic (exact) mass is 282 g/mol. The molecule has 0 radical (unpaired) electrons. The van der Waals surface area contributed by atoms with Crippen LogP contribution in [0.3, 0.4) is 0 Å². The molecule has 0 unspecified atom stereocenters. The molecule has 4 nitrogen and oxygen atoms in total. The average Bonchev–Trinajstić information content (AvgIpc) is 2.50. The Labute approximate surface area is 124 Å². The second-order valence-electron chi connectivity index (χ2n) is 4.77. The zero-order valence-corrected chi connectivity index (χ0v) is 12.1. The number of hydrogen-bond acceptors (Lipinski definition) is 3. The fourth-order valence-electron chi connectivity index (χ4n) is 1.89. The Hall–Kier alpha value is -2.62. The summed E-state index contributed by atoms with van der Waals surface area (Å²) in [6, 6.07) is 14.1. The highest BCUT2D eigenvalue weighted by Crippen LogP contribution is 2.10. The van der Waals surface area contributed by atoms with E-state index in [9.17, 15) is 9.90 Å². The molecule has 2 aromatic rings. The summed E-state index contributed by atoms with van der Waals surface area (Å²) in [5, 5.41) is 13.4. The Bertz CT molecular complexity index is 643. The number of aromatic hydroxyl groups is 1. The number of hydrogen-bond donors (Lipinski definition) is 2. The Morgan fingerprint density at radius 2 is 1.62 bits per heavy atom. The van der Waals surface area contributed by atoms with Crippen molar-refractivity contribution in [3.05, 3.63) is 65.2 Å². The van der Waals surface area contributed by atoms with Gasteiger partial charge in [-0.3, -0.25) is 4.79 Å². The van der Waals surface area contributed by atoms with Crippen molar-refractivity contribution >= 4 is 11.6 Å². The fraction of sp³-hybridized carbons (Fsp3) is 0.176. The SMILES string of the molecule is CC/C(=N\NC(=O)c1ccc(O)cc1)c1ccc(C)cc1. The van der Waals surface area contributed by atoms with E-state index >= 15 is 0 Å². The molecule has 0 fully saturated rings. The van der Waals surface area contributed by atoms with E-state index in [1.54, 1.807) is 12.1 Å². The number of phenols is 1. The van der Waals surface area contributed by atoms with Crippen molar-refractivity contribution in [2.75, 3.05) is 0 Å². The van der Waals surface area contributed by atoms with Gasteiger partial charge in [-0.25, -0.2) is 5.43 Å². The van der Waals surface area contributed by atoms with Crippen molar-refractivity contribution in [3.63, 3.8) is 0 Å². The lowest BCUT2D eigenvalue weighted by molar-refractivity contribution is 0.0955. The van der Waals surface area contributed by atoms with Gasteiger partial charge in [0.1, 0.15) is 5.75 Å². The van der Waals surface area contributed by atoms with Crippen LogP contribution in [-0.4, -0.2) is 16.7 Å². The molecule has 2 N–H and O–H groups in total. The lowest BCUT2D eigenvalue weighted by Gasteiger charge is -2.06. The van der Waals surface area contributed by atoms with Gasteiger partial charge in [0.05, 0.1) is 5.71 Å². The number of aryl methyl sites for hydroxylation is 1. The maximum Gasteiger partial charge on any atom is 0.271 e. The largest absolute Gasteiger partial charge is 0.508 e. The first-order valence-corrected chi connectivity index (χ1v) is 6.83. The maximum absolute atomic E-state index is 12.0. The smallest absolute Gasteiger partial charge is 0.271 e. The summed E-state index contributed by atoms with van der Waals surface area (Å²) in [6.07, 6.45) is 0.721. The summed E-state index contributed by atoms with van der Waals surface area (Å²) < 4.78 is 0. The summed E-state index contributed by atoms with van der Waals surface area (Å²) >= 11 is 0. The first-order chi connectivity index (χ1) is 10.1. The molecular weight excluding hydrogens is 264 g/mol. The summed E-state index contributed by atoms with van der Waals surface area (Å²) in [7, 11) is 0. The van der Waals surface area contributed by atoms with E-state index in [0.717, 1.165) is 17.7 Å². The van der Waals surface area contributed by atoms with Crippen molar-refractivity contribution < 1.29 is 9.90 Å². The minimum absolute atomic E-state index is 0.129. The van der Waals surface area contributed by atoms with E-state index in [1.807, 2.05) is 38.1 Å². The Kier molecular flexibility index (Phi) is 4.72. The van der Waals surface area contributed by atoms with Crippen LogP contribution in [0.15, 0.2) is 53.6 Å². The third-order valence-electron chi connectivity index (χ3n) is 3.14. The van der Waals surface area contributed by atoms with Gasteiger partial charge in [0.25, 0.3) is 5.91 Å². The number of rotatable bonds is 4. The van der Waals surface area contributed by atoms with E-state index in [0.29, 0.717) is 5.56 Å². The van der Waals surface area contributed by atoms with Crippen LogP contribution in [0.1, 0.15) is 34.8 Å². The van der Waals surface area contributed by atoms with Crippen LogP contribution < -0.4 is 5.43 Å². The second-order valence-corrected chi connectivity index (χ2v) is 4.77. The van der Waals surface area contributed by atoms with Crippen LogP contribution in [0.4, 0.5) is 0 Å². The van der Waals surface area contributed by atoms with Gasteiger partial charge in [-0.05, 0) is 43.2 Å². The van der Waals surface area contributed by atoms with Crippen LogP contribution in [0.2, 0.25) is 0 Å². The predicted octanol–water partition coefficient (Wildman–Crippen LogP) is 3.24. The van der Waals surface area contributed by atoms with Gasteiger partial charge >= 0.3 is 0 Å². The van der Waals surface area contributed by atoms with E-state index < -0.39 is 0 Å². The van der Waals surface area contributed by atoms with Gasteiger partial charge in [-0.2, -0.15) is 5.10 Å². The molecule has 0 saturated carbocycles. The first-order valence-electron chi connectivity index (χ1n) is 6.83. The average molecular weight is 282 g/mol. The first kappa shape index (κ1) is 14.8. The third-order valence-corrected chi connectivity index (χ3v) is 3.14. The quantitative estimate of drug-likeness (QED) is 0.668. The normalized spacial score (nSPS) is 11.2. The minimum Gasteiger partial charge on any atom is -0.508 e. The number of carbonyl (C=O) groups is 1. The van der Waals surface area contributed by atoms with Crippen molar-refractivity contribution in [1.29, 1.82) is 0 Å². The van der Waals surface area contributed by atoms with Gasteiger partial charge in [-0.15, -0.1) is 0 Å². The van der Waals surface area contributed by atoms with E-state index in [4.69, 9.17) is 0 Å². The summed E-state index contributed by atoms with van der Waals surface area (Å²) in [5.74, 6) is -0.169. The number of phenolic OH excluding ortho intramolecular Hbond substituents is 1. The number of nitrogens with one attached hydrogen (secondary N) is 1. The maximum atomic E-state index is 12.0. The molecule has 2 rings (SSSR count). The molecule has 0 atom stereocenters. The predicted molar refractivity (Wildman–Crippen MR) is 83.6 cm³/mol. The lowest BCUT2D eigenvalue weighted by atomic mass is 10.1. The highest BCUT2D eigenvalue weighted by Gasteiger charge is 2.06. The molecule has 21 heavy (non-hydrogen) atoms. The number of hydrazone groups is 1. The van der Waals surface area contributed by atoms with Crippen LogP contribution in [0.5, 0.6) is 5.75 Å². The zero-order valence-electron chi connectivity index (χ0n) is 12.1. The molecule has 0 heterocycles. The second kappa shape index (κ2) is 6.70. The third kappa shape index (κ3) is 3.92. The molecule has 4 heteroatoms. The van der Waals surface area contributed by atoms with Crippen LogP contribution in [0.25, 0.3) is 0 Å². The molecule has 0 saturated heterocycles. The summed E-state index contributed by atoms with van der Waals surface area (Å²) in [5.41, 5.74) is 6.00. The van der Waals surface area contributed by atoms with E-state index in [-0.39, 0.29) is 11.7 Å². The number of benzene rings is 2. The van der Waals surface area contributed by atoms with E-state index in [2.05, 4.69) is 10.5 Å². The summed E-state index contributed by atoms with van der Waals surface area (Å²) in [4.78, 5) is 12.0. The van der Waals surface area contributed by atoms with Crippen LogP contribution >= 0.6 is 0 Å². The van der Waals surface area contributed by atoms with Crippen molar-refractivity contribution in [2.24, 2.45) is 5.10 Å². The molecule has 0 aromatic heterocycles. The standard InChI is InChI=1S/C17H18N2O2/c1-3-16(13-6-4-12(2)5-7-13)18-19-17(21)14-8-10-15(20)11-9-14/h4-11,20H,3H2,1-2H3,(H,19,21)/b18-16+. The van der Waals surface area contributed by atoms with Gasteiger partial charge < -0.3 is 5.11 Å². The Morgan fingerprint density at radius 1 is 1.05 bits per heavy atom. The number of nitrogens with zero attached hydrogens (tertiary/aromatic N) is 1. The molecule has 0 aliphatic heterocycles. The molecule has 1 amide bonds. The van der Waals surface area contributed by atoms with Gasteiger partial charge in [0.2, 0.25) is 0 Å². The number of amides is 1. The van der Waals surface area contributed by atoms with Crippen LogP contribution in [-0.2, 0) is 0 Å². The molecule has 0 aliphatic carbocycles. The van der Waals surface area contributed by atoms with Gasteiger partial charge in [0, 0.05) is 5.56 Å². The van der Waals surface area contributed by atoms with Crippen molar-refractivity contribution in [1.82, 2.24) is 5.43 Å². The fourth-order valence-corrected chi connectivity index (χ4v) is 1.89. The van der Waals surface area contributed by atoms with Crippen LogP contribution in [0, 0.1) is 6.92 Å². The summed E-state index contributed by atoms with van der Waals surface area (Å²) in [6.45, 7) is 4.02. The van der Waals surface area contributed by atoms with Crippen molar-refractivity contribution in [2.45, 2.75) is 20.3 Å². The Balaban J connectivity index is 2.12. The lowest BCUT2D eigenvalue weighted by Crippen LogP contribution is -2.19. The van der Waals surface area contributed by atoms with Crippen molar-refractivity contribution in [3.8, 4) is 5.75 Å². The topological polar surface area (TPSA) is 61.7 Å². The Morgan fingerprint density at radius 3 is 2.19 bits per heavy atom. The molecule has 108 valence electrons. The molecule has 2 aromatic carbocycles.